The van der Waals surface area contributed by atoms with Crippen molar-refractivity contribution in [2.45, 2.75) is 12.6 Å². The van der Waals surface area contributed by atoms with Crippen LogP contribution in [0.15, 0.2) is 102 Å². The van der Waals surface area contributed by atoms with Gasteiger partial charge in [-0.3, -0.25) is 9.91 Å². The zero-order valence-electron chi connectivity index (χ0n) is 21.1. The Hall–Kier alpha value is -4.09. The summed E-state index contributed by atoms with van der Waals surface area (Å²) in [5.41, 5.74) is 7.68. The molecule has 0 atom stereocenters. The Morgan fingerprint density at radius 3 is 2.08 bits per heavy atom. The number of ether oxygens (including phenoxy) is 2. The maximum atomic E-state index is 6.07. The lowest BCUT2D eigenvalue weighted by molar-refractivity contribution is 0.114. The van der Waals surface area contributed by atoms with Gasteiger partial charge in [0.1, 0.15) is 6.61 Å². The van der Waals surface area contributed by atoms with Gasteiger partial charge in [0.05, 0.1) is 19.4 Å². The van der Waals surface area contributed by atoms with Crippen molar-refractivity contribution in [3.63, 3.8) is 0 Å². The molecule has 0 bridgehead atoms. The van der Waals surface area contributed by atoms with Gasteiger partial charge in [0.25, 0.3) is 0 Å². The molecule has 1 fully saturated rings. The van der Waals surface area contributed by atoms with E-state index >= 15 is 0 Å². The van der Waals surface area contributed by atoms with Crippen LogP contribution in [0.3, 0.4) is 0 Å². The highest BCUT2D eigenvalue weighted by Gasteiger charge is 2.33. The summed E-state index contributed by atoms with van der Waals surface area (Å²) >= 11 is 0. The van der Waals surface area contributed by atoms with E-state index in [1.165, 1.54) is 22.3 Å². The van der Waals surface area contributed by atoms with Crippen molar-refractivity contribution < 1.29 is 9.47 Å². The van der Waals surface area contributed by atoms with E-state index in [0.717, 1.165) is 48.8 Å². The van der Waals surface area contributed by atoms with Crippen molar-refractivity contribution in [3.8, 4) is 22.6 Å². The van der Waals surface area contributed by atoms with Crippen LogP contribution in [0.4, 0.5) is 0 Å². The summed E-state index contributed by atoms with van der Waals surface area (Å²) in [7, 11) is 1.67. The van der Waals surface area contributed by atoms with Crippen LogP contribution >= 0.6 is 0 Å². The Labute approximate surface area is 218 Å². The smallest absolute Gasteiger partial charge is 0.162 e. The van der Waals surface area contributed by atoms with Crippen LogP contribution in [0.2, 0.25) is 0 Å². The fourth-order valence-electron chi connectivity index (χ4n) is 5.38. The predicted octanol–water partition coefficient (Wildman–Crippen LogP) is 6.00. The van der Waals surface area contributed by atoms with E-state index in [9.17, 15) is 0 Å². The van der Waals surface area contributed by atoms with Crippen molar-refractivity contribution in [2.75, 3.05) is 33.3 Å². The van der Waals surface area contributed by atoms with Gasteiger partial charge in [-0.25, -0.2) is 0 Å². The van der Waals surface area contributed by atoms with Crippen LogP contribution in [0, 0.1) is 0 Å². The zero-order valence-corrected chi connectivity index (χ0v) is 21.1. The van der Waals surface area contributed by atoms with Crippen molar-refractivity contribution in [3.05, 3.63) is 119 Å². The zero-order chi connectivity index (χ0) is 25.0. The van der Waals surface area contributed by atoms with E-state index in [2.05, 4.69) is 70.6 Å². The summed E-state index contributed by atoms with van der Waals surface area (Å²) in [5.74, 6) is 1.44. The molecule has 5 heteroatoms. The highest BCUT2D eigenvalue weighted by Crippen LogP contribution is 2.46. The second-order valence-corrected chi connectivity index (χ2v) is 9.50. The summed E-state index contributed by atoms with van der Waals surface area (Å²) in [5, 5.41) is 6.97. The van der Waals surface area contributed by atoms with Crippen LogP contribution in [-0.2, 0) is 6.61 Å². The monoisotopic (exact) mass is 489 g/mol. The first-order valence-electron chi connectivity index (χ1n) is 12.9. The minimum absolute atomic E-state index is 0.324. The highest BCUT2D eigenvalue weighted by atomic mass is 16.5. The maximum Gasteiger partial charge on any atom is 0.162 e. The lowest BCUT2D eigenvalue weighted by Crippen LogP contribution is -2.45. The number of benzene rings is 4. The van der Waals surface area contributed by atoms with E-state index in [-0.39, 0.29) is 0 Å². The number of fused-ring (bicyclic) bond motifs is 3. The van der Waals surface area contributed by atoms with E-state index in [4.69, 9.17) is 14.6 Å². The largest absolute Gasteiger partial charge is 0.493 e. The number of hydrogen-bond donors (Lipinski definition) is 0. The lowest BCUT2D eigenvalue weighted by atomic mass is 10.0. The molecule has 37 heavy (non-hydrogen) atoms. The average Bonchev–Trinajstić information content (AvgIpc) is 3.30. The van der Waals surface area contributed by atoms with Crippen LogP contribution in [0.25, 0.3) is 11.1 Å². The Kier molecular flexibility index (Phi) is 6.61. The topological polar surface area (TPSA) is 37.3 Å². The molecule has 0 unspecified atom stereocenters. The summed E-state index contributed by atoms with van der Waals surface area (Å²) in [4.78, 5) is 2.60. The fourth-order valence-corrected chi connectivity index (χ4v) is 5.38. The Morgan fingerprint density at radius 1 is 0.757 bits per heavy atom. The highest BCUT2D eigenvalue weighted by molar-refractivity contribution is 5.81. The van der Waals surface area contributed by atoms with Crippen LogP contribution in [-0.4, -0.2) is 49.4 Å². The van der Waals surface area contributed by atoms with Crippen molar-refractivity contribution in [1.82, 2.24) is 9.91 Å². The summed E-state index contributed by atoms with van der Waals surface area (Å²) in [6.45, 7) is 4.22. The molecule has 4 aromatic rings. The molecule has 0 saturated carbocycles. The van der Waals surface area contributed by atoms with Crippen molar-refractivity contribution in [2.24, 2.45) is 5.10 Å². The van der Waals surface area contributed by atoms with Crippen molar-refractivity contribution >= 4 is 6.21 Å². The van der Waals surface area contributed by atoms with Gasteiger partial charge in [-0.15, -0.1) is 0 Å². The molecule has 1 heterocycles. The maximum absolute atomic E-state index is 6.07. The lowest BCUT2D eigenvalue weighted by Gasteiger charge is -2.37. The molecule has 0 spiro atoms. The van der Waals surface area contributed by atoms with E-state index in [1.807, 2.05) is 42.6 Å². The molecule has 0 aromatic heterocycles. The number of hydrazone groups is 1. The van der Waals surface area contributed by atoms with Gasteiger partial charge in [0, 0.05) is 26.2 Å². The molecule has 1 aliphatic carbocycles. The number of rotatable bonds is 7. The average molecular weight is 490 g/mol. The third kappa shape index (κ3) is 4.83. The summed E-state index contributed by atoms with van der Waals surface area (Å²) in [6.07, 6.45) is 1.92. The molecule has 1 aliphatic heterocycles. The van der Waals surface area contributed by atoms with E-state index < -0.39 is 0 Å². The fraction of sp³-hybridized carbons (Fsp3) is 0.219. The van der Waals surface area contributed by atoms with Gasteiger partial charge in [0.2, 0.25) is 0 Å². The normalized spacial score (nSPS) is 15.5. The van der Waals surface area contributed by atoms with Gasteiger partial charge >= 0.3 is 0 Å². The molecule has 4 aromatic carbocycles. The van der Waals surface area contributed by atoms with Gasteiger partial charge in [0.15, 0.2) is 11.5 Å². The molecule has 2 aliphatic rings. The molecule has 5 nitrogen and oxygen atoms in total. The minimum Gasteiger partial charge on any atom is -0.493 e. The minimum atomic E-state index is 0.324. The number of piperazine rings is 1. The number of nitrogens with zero attached hydrogens (tertiary/aromatic N) is 3. The first-order valence-corrected chi connectivity index (χ1v) is 12.9. The second kappa shape index (κ2) is 10.5. The SMILES string of the molecule is COc1ccc(C=NN2CCN(C3c4ccccc4-c4ccccc43)CC2)cc1OCc1ccccc1. The van der Waals surface area contributed by atoms with Gasteiger partial charge in [-0.2, -0.15) is 5.10 Å². The first-order chi connectivity index (χ1) is 18.3. The Morgan fingerprint density at radius 2 is 1.41 bits per heavy atom. The Balaban J connectivity index is 1.11. The first kappa shape index (κ1) is 23.3. The molecule has 186 valence electrons. The van der Waals surface area contributed by atoms with E-state index in [1.54, 1.807) is 7.11 Å². The van der Waals surface area contributed by atoms with Gasteiger partial charge < -0.3 is 9.47 Å². The third-order valence-electron chi connectivity index (χ3n) is 7.25. The predicted molar refractivity (Wildman–Crippen MR) is 148 cm³/mol. The van der Waals surface area contributed by atoms with Crippen LogP contribution in [0.1, 0.15) is 28.3 Å². The Bertz CT molecular complexity index is 1350. The quantitative estimate of drug-likeness (QED) is 0.299. The van der Waals surface area contributed by atoms with Gasteiger partial charge in [-0.05, 0) is 51.6 Å². The summed E-state index contributed by atoms with van der Waals surface area (Å²) < 4.78 is 11.6. The standard InChI is InChI=1S/C32H31N3O2/c1-36-30-16-15-25(21-31(30)37-23-24-9-3-2-4-10-24)22-33-35-19-17-34(18-20-35)32-28-13-7-5-11-26(28)27-12-6-8-14-29(27)32/h2-16,21-22,32H,17-20,23H2,1H3. The van der Waals surface area contributed by atoms with E-state index in [0.29, 0.717) is 12.6 Å². The molecular formula is C32H31N3O2. The number of methoxy groups -OCH3 is 1. The summed E-state index contributed by atoms with van der Waals surface area (Å²) in [6, 6.07) is 34.1. The van der Waals surface area contributed by atoms with Crippen LogP contribution in [0.5, 0.6) is 11.5 Å². The molecular weight excluding hydrogens is 458 g/mol. The molecule has 0 amide bonds. The third-order valence-corrected chi connectivity index (χ3v) is 7.25. The van der Waals surface area contributed by atoms with Gasteiger partial charge in [-0.1, -0.05) is 78.9 Å². The second-order valence-electron chi connectivity index (χ2n) is 9.50. The molecule has 6 rings (SSSR count). The number of hydrogen-bond acceptors (Lipinski definition) is 5. The van der Waals surface area contributed by atoms with Crippen molar-refractivity contribution in [1.29, 1.82) is 0 Å². The molecule has 0 N–H and O–H groups in total. The molecule has 1 saturated heterocycles. The van der Waals surface area contributed by atoms with Crippen LogP contribution < -0.4 is 9.47 Å². The molecule has 0 radical (unpaired) electrons.